The maximum Gasteiger partial charge on any atom is 0.416 e. The predicted octanol–water partition coefficient (Wildman–Crippen LogP) is 4.44. The summed E-state index contributed by atoms with van der Waals surface area (Å²) in [6, 6.07) is 4.17. The van der Waals surface area contributed by atoms with Crippen molar-refractivity contribution in [2.75, 3.05) is 0 Å². The van der Waals surface area contributed by atoms with Crippen LogP contribution in [-0.2, 0) is 6.18 Å². The molecule has 0 spiro atoms. The van der Waals surface area contributed by atoms with Crippen LogP contribution in [0.4, 0.5) is 22.0 Å². The van der Waals surface area contributed by atoms with Gasteiger partial charge in [-0.05, 0) is 12.1 Å². The number of halogens is 7. The Kier molecular flexibility index (Phi) is 6.87. The molecule has 0 amide bonds. The minimum Gasteiger partial charge on any atom is -0.415 e. The smallest absolute Gasteiger partial charge is 0.415 e. The molecule has 1 aromatic carbocycles. The minimum atomic E-state index is -4.72. The molecule has 14 heteroatoms. The maximum absolute atomic E-state index is 12.9. The normalized spacial score (nSPS) is 12.6. The zero-order valence-electron chi connectivity index (χ0n) is 14.3. The fourth-order valence-electron chi connectivity index (χ4n) is 2.04. The minimum absolute atomic E-state index is 0.235. The third-order valence-electron chi connectivity index (χ3n) is 3.30. The first-order valence-corrected chi connectivity index (χ1v) is 8.18. The number of alkyl halides is 5. The van der Waals surface area contributed by atoms with Crippen molar-refractivity contribution in [3.63, 3.8) is 0 Å². The van der Waals surface area contributed by atoms with Gasteiger partial charge in [-0.15, -0.1) is 5.10 Å². The van der Waals surface area contributed by atoms with E-state index in [0.29, 0.717) is 12.1 Å². The van der Waals surface area contributed by atoms with Crippen LogP contribution in [0.25, 0.3) is 5.69 Å². The van der Waals surface area contributed by atoms with Crippen molar-refractivity contribution in [3.05, 3.63) is 50.9 Å². The Morgan fingerprint density at radius 2 is 1.83 bits per heavy atom. The van der Waals surface area contributed by atoms with Crippen molar-refractivity contribution >= 4 is 29.4 Å². The van der Waals surface area contributed by atoms with E-state index in [2.05, 4.69) is 14.8 Å². The molecule has 0 aliphatic heterocycles. The molecule has 0 bridgehead atoms. The van der Waals surface area contributed by atoms with E-state index in [1.54, 1.807) is 0 Å². The quantitative estimate of drug-likeness (QED) is 0.399. The number of nitrogens with zero attached hydrogens (tertiary/aromatic N) is 5. The third kappa shape index (κ3) is 5.17. The van der Waals surface area contributed by atoms with Crippen LogP contribution in [0.3, 0.4) is 0 Å². The van der Waals surface area contributed by atoms with Crippen molar-refractivity contribution in [2.24, 2.45) is 10.7 Å². The Hall–Kier alpha value is -3.35. The Morgan fingerprint density at radius 1 is 1.23 bits per heavy atom. The number of nitriles is 2. The summed E-state index contributed by atoms with van der Waals surface area (Å²) in [5.41, 5.74) is 2.61. The summed E-state index contributed by atoms with van der Waals surface area (Å²) in [5.74, 6) is -0.700. The van der Waals surface area contributed by atoms with Crippen molar-refractivity contribution in [2.45, 2.75) is 12.8 Å². The molecule has 0 saturated heterocycles. The molecular weight excluding hydrogens is 458 g/mol. The van der Waals surface area contributed by atoms with E-state index in [1.165, 1.54) is 12.1 Å². The van der Waals surface area contributed by atoms with Gasteiger partial charge in [0, 0.05) is 12.4 Å². The van der Waals surface area contributed by atoms with Crippen LogP contribution in [0.5, 0.6) is 5.88 Å². The summed E-state index contributed by atoms with van der Waals surface area (Å²) in [5, 5.41) is 20.3. The van der Waals surface area contributed by atoms with E-state index in [4.69, 9.17) is 39.5 Å². The molecule has 1 aromatic heterocycles. The number of hydrogen-bond acceptors (Lipinski definition) is 6. The van der Waals surface area contributed by atoms with Crippen molar-refractivity contribution in [3.8, 4) is 23.7 Å². The lowest BCUT2D eigenvalue weighted by molar-refractivity contribution is -0.137. The standard InChI is InChI=1S/C16H7Cl2F5N6O/c17-9-1-8(16(21,22)23)2-10(18)13(9)29-6-7(14(28-29)30-15(19)20)5-27-12(4-25)11(26)3-24/h1-2,5-6,15H,26H2/b12-11-,27-5?. The second-order valence-corrected chi connectivity index (χ2v) is 6.06. The highest BCUT2D eigenvalue weighted by Gasteiger charge is 2.32. The van der Waals surface area contributed by atoms with Crippen LogP contribution < -0.4 is 10.5 Å². The molecule has 2 aromatic rings. The van der Waals surface area contributed by atoms with E-state index in [1.807, 2.05) is 0 Å². The van der Waals surface area contributed by atoms with Gasteiger partial charge in [0.25, 0.3) is 0 Å². The molecule has 7 nitrogen and oxygen atoms in total. The zero-order valence-corrected chi connectivity index (χ0v) is 15.8. The van der Waals surface area contributed by atoms with Gasteiger partial charge in [-0.1, -0.05) is 23.2 Å². The highest BCUT2D eigenvalue weighted by atomic mass is 35.5. The van der Waals surface area contributed by atoms with Crippen molar-refractivity contribution < 1.29 is 26.7 Å². The number of hydrogen-bond donors (Lipinski definition) is 1. The summed E-state index contributed by atoms with van der Waals surface area (Å²) >= 11 is 11.8. The second-order valence-electron chi connectivity index (χ2n) is 5.24. The summed E-state index contributed by atoms with van der Waals surface area (Å²) in [7, 11) is 0. The number of allylic oxidation sites excluding steroid dienone is 2. The number of ether oxygens (including phenoxy) is 1. The number of aromatic nitrogens is 2. The first-order chi connectivity index (χ1) is 14.0. The molecular formula is C16H7Cl2F5N6O. The molecule has 0 unspecified atom stereocenters. The second kappa shape index (κ2) is 8.98. The van der Waals surface area contributed by atoms with E-state index in [-0.39, 0.29) is 11.3 Å². The summed E-state index contributed by atoms with van der Waals surface area (Å²) in [4.78, 5) is 3.60. The molecule has 0 aliphatic rings. The Labute approximate surface area is 175 Å². The van der Waals surface area contributed by atoms with Gasteiger partial charge >= 0.3 is 12.8 Å². The summed E-state index contributed by atoms with van der Waals surface area (Å²) in [6.07, 6.45) is -2.87. The van der Waals surface area contributed by atoms with Gasteiger partial charge in [-0.2, -0.15) is 32.5 Å². The van der Waals surface area contributed by atoms with Crippen LogP contribution in [-0.4, -0.2) is 22.6 Å². The fourth-order valence-corrected chi connectivity index (χ4v) is 2.70. The monoisotopic (exact) mass is 464 g/mol. The molecule has 156 valence electrons. The van der Waals surface area contributed by atoms with Crippen LogP contribution >= 0.6 is 23.2 Å². The molecule has 1 heterocycles. The average molecular weight is 465 g/mol. The van der Waals surface area contributed by atoms with Gasteiger partial charge in [0.05, 0.1) is 21.2 Å². The van der Waals surface area contributed by atoms with E-state index in [9.17, 15) is 22.0 Å². The number of rotatable bonds is 5. The van der Waals surface area contributed by atoms with Crippen LogP contribution in [0.1, 0.15) is 11.1 Å². The summed E-state index contributed by atoms with van der Waals surface area (Å²) in [6.45, 7) is -3.31. The topological polar surface area (TPSA) is 113 Å². The molecule has 0 fully saturated rings. The molecule has 2 N–H and O–H groups in total. The van der Waals surface area contributed by atoms with Gasteiger partial charge in [-0.3, -0.25) is 0 Å². The first-order valence-electron chi connectivity index (χ1n) is 7.43. The molecule has 0 atom stereocenters. The van der Waals surface area contributed by atoms with Crippen LogP contribution in [0, 0.1) is 22.7 Å². The molecule has 0 aliphatic carbocycles. The Balaban J connectivity index is 2.60. The molecule has 0 saturated carbocycles. The van der Waals surface area contributed by atoms with Crippen LogP contribution in [0.15, 0.2) is 34.7 Å². The SMILES string of the molecule is N#C/C(N)=C(\C#N)N=Cc1cn(-c2c(Cl)cc(C(F)(F)F)cc2Cl)nc1OC(F)F. The van der Waals surface area contributed by atoms with E-state index in [0.717, 1.165) is 17.1 Å². The zero-order chi connectivity index (χ0) is 22.6. The van der Waals surface area contributed by atoms with Crippen molar-refractivity contribution in [1.82, 2.24) is 9.78 Å². The van der Waals surface area contributed by atoms with Gasteiger partial charge in [0.15, 0.2) is 5.70 Å². The molecule has 0 radical (unpaired) electrons. The fraction of sp³-hybridized carbons (Fsp3) is 0.125. The number of nitrogens with two attached hydrogens (primary N) is 1. The Bertz CT molecular complexity index is 1090. The highest BCUT2D eigenvalue weighted by Crippen LogP contribution is 2.37. The Morgan fingerprint density at radius 3 is 2.30 bits per heavy atom. The lowest BCUT2D eigenvalue weighted by Crippen LogP contribution is -2.07. The highest BCUT2D eigenvalue weighted by molar-refractivity contribution is 6.37. The van der Waals surface area contributed by atoms with E-state index < -0.39 is 45.7 Å². The third-order valence-corrected chi connectivity index (χ3v) is 3.87. The molecule has 2 rings (SSSR count). The van der Waals surface area contributed by atoms with E-state index >= 15 is 0 Å². The molecule has 30 heavy (non-hydrogen) atoms. The summed E-state index contributed by atoms with van der Waals surface area (Å²) < 4.78 is 69.0. The number of benzene rings is 1. The van der Waals surface area contributed by atoms with Gasteiger partial charge in [0.2, 0.25) is 5.88 Å². The largest absolute Gasteiger partial charge is 0.416 e. The maximum atomic E-state index is 12.9. The first kappa shape index (κ1) is 22.9. The van der Waals surface area contributed by atoms with Crippen molar-refractivity contribution in [1.29, 1.82) is 10.5 Å². The van der Waals surface area contributed by atoms with Crippen LogP contribution in [0.2, 0.25) is 10.0 Å². The van der Waals surface area contributed by atoms with Gasteiger partial charge in [-0.25, -0.2) is 9.67 Å². The van der Waals surface area contributed by atoms with Gasteiger partial charge in [0.1, 0.15) is 23.5 Å². The van der Waals surface area contributed by atoms with Gasteiger partial charge < -0.3 is 10.5 Å². The predicted molar refractivity (Wildman–Crippen MR) is 95.3 cm³/mol. The average Bonchev–Trinajstić information content (AvgIpc) is 3.02. The lowest BCUT2D eigenvalue weighted by Gasteiger charge is -2.12. The number of aliphatic imine (C=N–C) groups is 1. The lowest BCUT2D eigenvalue weighted by atomic mass is 10.2.